The van der Waals surface area contributed by atoms with Gasteiger partial charge in [0.15, 0.2) is 6.10 Å². The predicted molar refractivity (Wildman–Crippen MR) is 247 cm³/mol. The largest absolute Gasteiger partial charge is 0.472 e. The van der Waals surface area contributed by atoms with E-state index in [2.05, 4.69) is 111 Å². The van der Waals surface area contributed by atoms with Crippen molar-refractivity contribution in [1.82, 2.24) is 0 Å². The summed E-state index contributed by atoms with van der Waals surface area (Å²) < 4.78 is 32.8. The van der Waals surface area contributed by atoms with Gasteiger partial charge in [-0.05, 0) is 96.3 Å². The molecular formula is C49H82NO8P. The summed E-state index contributed by atoms with van der Waals surface area (Å²) in [5, 5.41) is 0. The Kier molecular flexibility index (Phi) is 42.2. The Hall–Kier alpha value is -3.07. The van der Waals surface area contributed by atoms with Crippen molar-refractivity contribution >= 4 is 19.8 Å². The SMILES string of the molecule is CC/C=C\C/C=C\C/C=C\C/C=C\C/C=C\C/C=C\CCCCCCC(=O)OC(COC(=O)CCCCCCC/C=C\C/C=C\CCCCC)COP(=O)(O)OCCN. The number of rotatable bonds is 41. The maximum Gasteiger partial charge on any atom is 0.472 e. The summed E-state index contributed by atoms with van der Waals surface area (Å²) in [6.45, 7) is 3.52. The second-order valence-corrected chi connectivity index (χ2v) is 16.0. The summed E-state index contributed by atoms with van der Waals surface area (Å²) in [6, 6.07) is 0. The molecule has 2 unspecified atom stereocenters. The van der Waals surface area contributed by atoms with Crippen molar-refractivity contribution in [3.8, 4) is 0 Å². The van der Waals surface area contributed by atoms with Gasteiger partial charge in [0.05, 0.1) is 13.2 Å². The molecule has 336 valence electrons. The molecule has 0 aromatic carbocycles. The van der Waals surface area contributed by atoms with Gasteiger partial charge in [-0.3, -0.25) is 18.6 Å². The minimum absolute atomic E-state index is 0.0412. The van der Waals surface area contributed by atoms with Crippen LogP contribution in [-0.2, 0) is 32.7 Å². The lowest BCUT2D eigenvalue weighted by atomic mass is 10.1. The number of allylic oxidation sites excluding steroid dienone is 16. The van der Waals surface area contributed by atoms with Crippen molar-refractivity contribution in [1.29, 1.82) is 0 Å². The van der Waals surface area contributed by atoms with E-state index in [1.807, 2.05) is 0 Å². The Morgan fingerprint density at radius 1 is 0.525 bits per heavy atom. The molecule has 0 spiro atoms. The van der Waals surface area contributed by atoms with Crippen molar-refractivity contribution in [3.63, 3.8) is 0 Å². The van der Waals surface area contributed by atoms with Crippen LogP contribution < -0.4 is 5.73 Å². The van der Waals surface area contributed by atoms with E-state index >= 15 is 0 Å². The number of esters is 2. The van der Waals surface area contributed by atoms with Crippen molar-refractivity contribution in [3.05, 3.63) is 97.2 Å². The van der Waals surface area contributed by atoms with Crippen LogP contribution in [0, 0.1) is 0 Å². The molecular weight excluding hydrogens is 762 g/mol. The number of phosphoric acid groups is 1. The quantitative estimate of drug-likeness (QED) is 0.0267. The standard InChI is InChI=1S/C49H82NO8P/c1-3-5-7-9-11-13-15-17-19-20-21-22-23-24-25-26-28-30-32-34-36-38-40-42-49(52)58-47(46-57-59(53,54)56-44-43-50)45-55-48(51)41-39-37-35-33-31-29-27-18-16-14-12-10-8-6-4-2/h5,7,11-14,17-19,21-22,24-25,27-28,30,47H,3-4,6,8-10,15-16,20,23,26,29,31-46,50H2,1-2H3,(H,53,54)/b7-5-,13-11-,14-12-,19-17-,22-21-,25-24-,27-18-,30-28-. The average Bonchev–Trinajstić information content (AvgIpc) is 3.22. The maximum atomic E-state index is 12.6. The molecule has 3 N–H and O–H groups in total. The fourth-order valence-corrected chi connectivity index (χ4v) is 6.37. The summed E-state index contributed by atoms with van der Waals surface area (Å²) in [5.41, 5.74) is 5.35. The molecule has 0 amide bonds. The molecule has 9 nitrogen and oxygen atoms in total. The molecule has 0 bridgehead atoms. The van der Waals surface area contributed by atoms with E-state index in [1.165, 1.54) is 25.7 Å². The zero-order chi connectivity index (χ0) is 43.2. The molecule has 10 heteroatoms. The summed E-state index contributed by atoms with van der Waals surface area (Å²) >= 11 is 0. The van der Waals surface area contributed by atoms with Gasteiger partial charge >= 0.3 is 19.8 Å². The number of unbranched alkanes of at least 4 members (excludes halogenated alkanes) is 12. The van der Waals surface area contributed by atoms with Gasteiger partial charge in [-0.2, -0.15) is 0 Å². The van der Waals surface area contributed by atoms with E-state index in [0.29, 0.717) is 12.8 Å². The number of nitrogens with two attached hydrogens (primary N) is 1. The number of hydrogen-bond donors (Lipinski definition) is 2. The third kappa shape index (κ3) is 44.3. The molecule has 0 saturated carbocycles. The zero-order valence-electron chi connectivity index (χ0n) is 36.9. The Balaban J connectivity index is 4.23. The van der Waals surface area contributed by atoms with Gasteiger partial charge in [-0.25, -0.2) is 4.57 Å². The van der Waals surface area contributed by atoms with Gasteiger partial charge in [-0.1, -0.05) is 156 Å². The summed E-state index contributed by atoms with van der Waals surface area (Å²) in [5.74, 6) is -0.883. The van der Waals surface area contributed by atoms with Gasteiger partial charge in [-0.15, -0.1) is 0 Å². The van der Waals surface area contributed by atoms with E-state index in [9.17, 15) is 19.0 Å². The highest BCUT2D eigenvalue weighted by molar-refractivity contribution is 7.47. The third-order valence-electron chi connectivity index (χ3n) is 8.95. The van der Waals surface area contributed by atoms with E-state index in [4.69, 9.17) is 24.3 Å². The van der Waals surface area contributed by atoms with Crippen LogP contribution in [0.4, 0.5) is 0 Å². The van der Waals surface area contributed by atoms with Gasteiger partial charge in [0, 0.05) is 19.4 Å². The lowest BCUT2D eigenvalue weighted by Crippen LogP contribution is -2.29. The van der Waals surface area contributed by atoms with Crippen LogP contribution in [0.25, 0.3) is 0 Å². The number of carbonyl (C=O) groups is 2. The van der Waals surface area contributed by atoms with Crippen LogP contribution in [0.3, 0.4) is 0 Å². The summed E-state index contributed by atoms with van der Waals surface area (Å²) in [4.78, 5) is 34.9. The molecule has 0 rings (SSSR count). The minimum Gasteiger partial charge on any atom is -0.462 e. The first-order valence-electron chi connectivity index (χ1n) is 22.7. The molecule has 0 radical (unpaired) electrons. The lowest BCUT2D eigenvalue weighted by Gasteiger charge is -2.19. The van der Waals surface area contributed by atoms with Crippen LogP contribution in [0.15, 0.2) is 97.2 Å². The molecule has 2 atom stereocenters. The first-order valence-corrected chi connectivity index (χ1v) is 24.2. The van der Waals surface area contributed by atoms with Crippen LogP contribution in [0.2, 0.25) is 0 Å². The highest BCUT2D eigenvalue weighted by atomic mass is 31.2. The van der Waals surface area contributed by atoms with Crippen molar-refractivity contribution in [2.24, 2.45) is 5.73 Å². The van der Waals surface area contributed by atoms with Gasteiger partial charge < -0.3 is 20.1 Å². The molecule has 0 aromatic heterocycles. The lowest BCUT2D eigenvalue weighted by molar-refractivity contribution is -0.161. The number of ether oxygens (including phenoxy) is 2. The maximum absolute atomic E-state index is 12.6. The molecule has 0 aromatic rings. The van der Waals surface area contributed by atoms with Crippen molar-refractivity contribution in [2.45, 2.75) is 174 Å². The smallest absolute Gasteiger partial charge is 0.462 e. The van der Waals surface area contributed by atoms with Crippen LogP contribution in [0.5, 0.6) is 0 Å². The molecule has 0 saturated heterocycles. The van der Waals surface area contributed by atoms with Crippen LogP contribution in [-0.4, -0.2) is 49.3 Å². The van der Waals surface area contributed by atoms with Crippen molar-refractivity contribution < 1.29 is 37.6 Å². The summed E-state index contributed by atoms with van der Waals surface area (Å²) in [6.07, 6.45) is 57.2. The van der Waals surface area contributed by atoms with Gasteiger partial charge in [0.1, 0.15) is 6.61 Å². The van der Waals surface area contributed by atoms with Crippen molar-refractivity contribution in [2.75, 3.05) is 26.4 Å². The molecule has 0 aliphatic rings. The Labute approximate surface area is 359 Å². The number of phosphoric ester groups is 1. The van der Waals surface area contributed by atoms with Gasteiger partial charge in [0.2, 0.25) is 0 Å². The Morgan fingerprint density at radius 2 is 0.932 bits per heavy atom. The van der Waals surface area contributed by atoms with Crippen LogP contribution >= 0.6 is 7.82 Å². The van der Waals surface area contributed by atoms with Crippen LogP contribution in [0.1, 0.15) is 168 Å². The first-order chi connectivity index (χ1) is 28.8. The minimum atomic E-state index is -4.40. The Bertz CT molecular complexity index is 1280. The molecule has 0 heterocycles. The second kappa shape index (κ2) is 44.5. The second-order valence-electron chi connectivity index (χ2n) is 14.5. The number of hydrogen-bond acceptors (Lipinski definition) is 8. The highest BCUT2D eigenvalue weighted by Gasteiger charge is 2.26. The molecule has 0 aliphatic carbocycles. The molecule has 0 fully saturated rings. The number of carbonyl (C=O) groups excluding carboxylic acids is 2. The predicted octanol–water partition coefficient (Wildman–Crippen LogP) is 13.4. The monoisotopic (exact) mass is 844 g/mol. The average molecular weight is 844 g/mol. The topological polar surface area (TPSA) is 134 Å². The van der Waals surface area contributed by atoms with E-state index in [-0.39, 0.29) is 32.6 Å². The van der Waals surface area contributed by atoms with Gasteiger partial charge in [0.25, 0.3) is 0 Å². The Morgan fingerprint density at radius 3 is 1.39 bits per heavy atom. The highest BCUT2D eigenvalue weighted by Crippen LogP contribution is 2.43. The first kappa shape index (κ1) is 55.9. The fourth-order valence-electron chi connectivity index (χ4n) is 5.61. The third-order valence-corrected chi connectivity index (χ3v) is 9.94. The van der Waals surface area contributed by atoms with E-state index in [1.54, 1.807) is 0 Å². The van der Waals surface area contributed by atoms with E-state index < -0.39 is 32.5 Å². The zero-order valence-corrected chi connectivity index (χ0v) is 37.8. The summed E-state index contributed by atoms with van der Waals surface area (Å²) in [7, 11) is -4.40. The molecule has 59 heavy (non-hydrogen) atoms. The molecule has 0 aliphatic heterocycles. The van der Waals surface area contributed by atoms with E-state index in [0.717, 1.165) is 103 Å². The normalized spacial score (nSPS) is 14.2. The fraction of sp³-hybridized carbons (Fsp3) is 0.633.